The number of hydrogen-bond donors (Lipinski definition) is 0. The minimum atomic E-state index is -1.40. The van der Waals surface area contributed by atoms with E-state index >= 15 is 0 Å². The molecule has 1 saturated carbocycles. The average molecular weight is 390 g/mol. The minimum absolute atomic E-state index is 0.354. The van der Waals surface area contributed by atoms with Crippen LogP contribution in [0.2, 0.25) is 19.6 Å². The Balaban J connectivity index is 1.91. The Morgan fingerprint density at radius 3 is 1.79 bits per heavy atom. The summed E-state index contributed by atoms with van der Waals surface area (Å²) in [5.41, 5.74) is 6.49. The van der Waals surface area contributed by atoms with E-state index in [0.717, 1.165) is 13.1 Å². The maximum absolute atomic E-state index is 3.81. The van der Waals surface area contributed by atoms with Crippen LogP contribution >= 0.6 is 0 Å². The first-order valence-corrected chi connectivity index (χ1v) is 14.4. The van der Waals surface area contributed by atoms with Crippen molar-refractivity contribution in [2.24, 2.45) is 5.92 Å². The van der Waals surface area contributed by atoms with E-state index in [2.05, 4.69) is 96.7 Å². The quantitative estimate of drug-likeness (QED) is 0.401. The van der Waals surface area contributed by atoms with Gasteiger partial charge in [0, 0.05) is 13.1 Å². The van der Waals surface area contributed by atoms with Crippen molar-refractivity contribution in [2.75, 3.05) is 0 Å². The van der Waals surface area contributed by atoms with E-state index in [4.69, 9.17) is 0 Å². The van der Waals surface area contributed by atoms with Gasteiger partial charge in [0.15, 0.2) is 0 Å². The molecule has 0 radical (unpaired) electrons. The van der Waals surface area contributed by atoms with Crippen molar-refractivity contribution in [3.63, 3.8) is 0 Å². The van der Waals surface area contributed by atoms with Gasteiger partial charge >= 0.3 is 0 Å². The largest absolute Gasteiger partial charge is 0.281 e. The molecule has 1 nitrogen and oxygen atoms in total. The van der Waals surface area contributed by atoms with Gasteiger partial charge in [-0.1, -0.05) is 105 Å². The van der Waals surface area contributed by atoms with Crippen molar-refractivity contribution in [3.05, 3.63) is 71.8 Å². The molecule has 1 aliphatic carbocycles. The lowest BCUT2D eigenvalue weighted by atomic mass is 9.83. The van der Waals surface area contributed by atoms with Crippen molar-refractivity contribution in [3.8, 4) is 11.5 Å². The van der Waals surface area contributed by atoms with Gasteiger partial charge in [0.05, 0.1) is 6.04 Å². The fraction of sp³-hybridized carbons (Fsp3) is 0.462. The van der Waals surface area contributed by atoms with Gasteiger partial charge in [0.25, 0.3) is 0 Å². The summed E-state index contributed by atoms with van der Waals surface area (Å²) in [6, 6.07) is 22.2. The highest BCUT2D eigenvalue weighted by Crippen LogP contribution is 2.30. The maximum atomic E-state index is 3.81. The summed E-state index contributed by atoms with van der Waals surface area (Å²) in [5.74, 6) is 4.51. The predicted octanol–water partition coefficient (Wildman–Crippen LogP) is 6.52. The Kier molecular flexibility index (Phi) is 7.54. The van der Waals surface area contributed by atoms with E-state index in [-0.39, 0.29) is 0 Å². The molecule has 0 spiro atoms. The van der Waals surface area contributed by atoms with E-state index < -0.39 is 8.07 Å². The first kappa shape index (κ1) is 20.9. The lowest BCUT2D eigenvalue weighted by molar-refractivity contribution is 0.141. The summed E-state index contributed by atoms with van der Waals surface area (Å²) in [6.45, 7) is 9.01. The molecule has 1 aliphatic rings. The lowest BCUT2D eigenvalue weighted by Gasteiger charge is -2.36. The average Bonchev–Trinajstić information content (AvgIpc) is 2.69. The summed E-state index contributed by atoms with van der Waals surface area (Å²) in [7, 11) is -1.40. The van der Waals surface area contributed by atoms with Crippen LogP contribution in [0.5, 0.6) is 0 Å². The van der Waals surface area contributed by atoms with Crippen LogP contribution in [0.1, 0.15) is 43.2 Å². The van der Waals surface area contributed by atoms with E-state index in [0.29, 0.717) is 12.0 Å². The normalized spacial score (nSPS) is 16.4. The molecule has 0 unspecified atom stereocenters. The Morgan fingerprint density at radius 1 is 0.821 bits per heavy atom. The van der Waals surface area contributed by atoms with Crippen molar-refractivity contribution < 1.29 is 0 Å². The minimum Gasteiger partial charge on any atom is -0.281 e. The molecule has 0 aromatic heterocycles. The molecular formula is C26H35NSi. The fourth-order valence-corrected chi connectivity index (χ4v) is 4.72. The zero-order valence-electron chi connectivity index (χ0n) is 17.8. The smallest absolute Gasteiger partial charge is 0.129 e. The fourth-order valence-electron chi connectivity index (χ4n) is 4.14. The van der Waals surface area contributed by atoms with Gasteiger partial charge in [-0.15, -0.1) is 5.54 Å². The Labute approximate surface area is 173 Å². The highest BCUT2D eigenvalue weighted by atomic mass is 28.3. The van der Waals surface area contributed by atoms with Crippen LogP contribution in [0, 0.1) is 17.4 Å². The molecule has 0 bridgehead atoms. The van der Waals surface area contributed by atoms with Crippen molar-refractivity contribution in [2.45, 2.75) is 70.9 Å². The van der Waals surface area contributed by atoms with Gasteiger partial charge in [0.1, 0.15) is 8.07 Å². The van der Waals surface area contributed by atoms with Crippen LogP contribution in [-0.2, 0) is 13.1 Å². The van der Waals surface area contributed by atoms with Crippen LogP contribution in [-0.4, -0.2) is 19.0 Å². The van der Waals surface area contributed by atoms with Gasteiger partial charge < -0.3 is 0 Å². The Hall–Kier alpha value is -1.82. The summed E-state index contributed by atoms with van der Waals surface area (Å²) in [6.07, 6.45) is 6.76. The summed E-state index contributed by atoms with van der Waals surface area (Å²) >= 11 is 0. The topological polar surface area (TPSA) is 3.24 Å². The third-order valence-electron chi connectivity index (χ3n) is 5.54. The molecule has 148 valence electrons. The lowest BCUT2D eigenvalue weighted by Crippen LogP contribution is -2.40. The van der Waals surface area contributed by atoms with Gasteiger partial charge in [0.2, 0.25) is 0 Å². The number of rotatable bonds is 6. The van der Waals surface area contributed by atoms with Crippen LogP contribution in [0.3, 0.4) is 0 Å². The number of benzene rings is 2. The highest BCUT2D eigenvalue weighted by Gasteiger charge is 2.28. The molecule has 1 fully saturated rings. The zero-order chi connectivity index (χ0) is 19.8. The predicted molar refractivity (Wildman–Crippen MR) is 124 cm³/mol. The molecule has 3 rings (SSSR count). The molecular weight excluding hydrogens is 354 g/mol. The molecule has 28 heavy (non-hydrogen) atoms. The molecule has 2 aromatic rings. The van der Waals surface area contributed by atoms with Crippen molar-refractivity contribution in [1.29, 1.82) is 0 Å². The monoisotopic (exact) mass is 389 g/mol. The summed E-state index contributed by atoms with van der Waals surface area (Å²) in [4.78, 5) is 2.65. The summed E-state index contributed by atoms with van der Waals surface area (Å²) in [5, 5.41) is 0. The van der Waals surface area contributed by atoms with Crippen molar-refractivity contribution >= 4 is 8.07 Å². The summed E-state index contributed by atoms with van der Waals surface area (Å²) < 4.78 is 0. The molecule has 2 heteroatoms. The SMILES string of the molecule is C[Si](C)(C)C#C[C@@H](C1CCCCC1)N(Cc1ccccc1)Cc1ccccc1. The molecule has 0 aliphatic heterocycles. The van der Waals surface area contributed by atoms with Crippen molar-refractivity contribution in [1.82, 2.24) is 4.90 Å². The highest BCUT2D eigenvalue weighted by molar-refractivity contribution is 6.83. The second-order valence-corrected chi connectivity index (χ2v) is 14.0. The Morgan fingerprint density at radius 2 is 1.32 bits per heavy atom. The third kappa shape index (κ3) is 6.65. The first-order chi connectivity index (χ1) is 13.5. The first-order valence-electron chi connectivity index (χ1n) is 10.9. The van der Waals surface area contributed by atoms with Gasteiger partial charge in [-0.3, -0.25) is 4.90 Å². The van der Waals surface area contributed by atoms with E-state index in [1.54, 1.807) is 0 Å². The van der Waals surface area contributed by atoms with E-state index in [9.17, 15) is 0 Å². The molecule has 1 atom stereocenters. The maximum Gasteiger partial charge on any atom is 0.129 e. The Bertz CT molecular complexity index is 719. The number of nitrogens with zero attached hydrogens (tertiary/aromatic N) is 1. The molecule has 0 heterocycles. The van der Waals surface area contributed by atoms with Gasteiger partial charge in [-0.05, 0) is 29.9 Å². The zero-order valence-corrected chi connectivity index (χ0v) is 18.8. The van der Waals surface area contributed by atoms with Crippen LogP contribution in [0.15, 0.2) is 60.7 Å². The molecule has 0 amide bonds. The second-order valence-electron chi connectivity index (χ2n) is 9.24. The van der Waals surface area contributed by atoms with Crippen LogP contribution in [0.25, 0.3) is 0 Å². The number of hydrogen-bond acceptors (Lipinski definition) is 1. The van der Waals surface area contributed by atoms with E-state index in [1.165, 1.54) is 43.2 Å². The van der Waals surface area contributed by atoms with Crippen LogP contribution in [0.4, 0.5) is 0 Å². The second kappa shape index (κ2) is 10.1. The van der Waals surface area contributed by atoms with E-state index in [1.807, 2.05) is 0 Å². The van der Waals surface area contributed by atoms with Gasteiger partial charge in [-0.25, -0.2) is 0 Å². The molecule has 2 aromatic carbocycles. The molecule has 0 saturated heterocycles. The molecule has 0 N–H and O–H groups in total. The van der Waals surface area contributed by atoms with Crippen LogP contribution < -0.4 is 0 Å². The standard InChI is InChI=1S/C26H35NSi/c1-28(2,3)20-19-26(25-17-11-6-12-18-25)27(21-23-13-7-4-8-14-23)22-24-15-9-5-10-16-24/h4-5,7-10,13-16,25-26H,6,11-12,17-18,21-22H2,1-3H3/t26-/m0/s1. The third-order valence-corrected chi connectivity index (χ3v) is 6.44. The van der Waals surface area contributed by atoms with Gasteiger partial charge in [-0.2, -0.15) is 0 Å².